The third-order valence-corrected chi connectivity index (χ3v) is 4.68. The van der Waals surface area contributed by atoms with Crippen molar-refractivity contribution in [2.24, 2.45) is 5.73 Å². The number of rotatable bonds is 4. The molecule has 7 heteroatoms. The van der Waals surface area contributed by atoms with Crippen LogP contribution in [0.4, 0.5) is 10.1 Å². The average molecular weight is 329 g/mol. The standard InChI is InChI=1S/C14H14ClFN2O2S/c1-9-3-2-4-11(15)14(9)18-21(19,20)13-6-5-10(8-17)7-12(13)16/h2-7,18H,8,17H2,1H3. The van der Waals surface area contributed by atoms with E-state index in [0.29, 0.717) is 11.1 Å². The van der Waals surface area contributed by atoms with E-state index in [4.69, 9.17) is 17.3 Å². The number of sulfonamides is 1. The first-order valence-electron chi connectivity index (χ1n) is 6.11. The van der Waals surface area contributed by atoms with Crippen molar-refractivity contribution >= 4 is 27.3 Å². The van der Waals surface area contributed by atoms with Crippen LogP contribution in [-0.2, 0) is 16.6 Å². The third-order valence-electron chi connectivity index (χ3n) is 2.98. The van der Waals surface area contributed by atoms with Gasteiger partial charge in [-0.05, 0) is 36.2 Å². The number of anilines is 1. The molecule has 3 N–H and O–H groups in total. The van der Waals surface area contributed by atoms with Crippen molar-refractivity contribution in [3.05, 3.63) is 58.4 Å². The highest BCUT2D eigenvalue weighted by Gasteiger charge is 2.21. The normalized spacial score (nSPS) is 11.4. The van der Waals surface area contributed by atoms with Crippen LogP contribution in [0.25, 0.3) is 0 Å². The van der Waals surface area contributed by atoms with E-state index in [1.165, 1.54) is 12.1 Å². The Balaban J connectivity index is 2.44. The van der Waals surface area contributed by atoms with Crippen LogP contribution in [0.2, 0.25) is 5.02 Å². The van der Waals surface area contributed by atoms with Gasteiger partial charge in [-0.1, -0.05) is 29.8 Å². The summed E-state index contributed by atoms with van der Waals surface area (Å²) in [6, 6.07) is 8.72. The van der Waals surface area contributed by atoms with Crippen LogP contribution in [-0.4, -0.2) is 8.42 Å². The van der Waals surface area contributed by atoms with E-state index in [9.17, 15) is 12.8 Å². The zero-order valence-electron chi connectivity index (χ0n) is 11.2. The molecule has 2 aromatic rings. The number of hydrogen-bond donors (Lipinski definition) is 2. The van der Waals surface area contributed by atoms with Crippen LogP contribution in [0.1, 0.15) is 11.1 Å². The molecule has 112 valence electrons. The molecule has 0 atom stereocenters. The van der Waals surface area contributed by atoms with Crippen molar-refractivity contribution in [1.29, 1.82) is 0 Å². The van der Waals surface area contributed by atoms with E-state index in [1.807, 2.05) is 0 Å². The summed E-state index contributed by atoms with van der Waals surface area (Å²) in [6.07, 6.45) is 0. The summed E-state index contributed by atoms with van der Waals surface area (Å²) in [5, 5.41) is 0.248. The van der Waals surface area contributed by atoms with E-state index < -0.39 is 20.7 Å². The van der Waals surface area contributed by atoms with Gasteiger partial charge in [0.2, 0.25) is 0 Å². The highest BCUT2D eigenvalue weighted by atomic mass is 35.5. The zero-order valence-corrected chi connectivity index (χ0v) is 12.8. The van der Waals surface area contributed by atoms with Gasteiger partial charge in [0, 0.05) is 6.54 Å². The van der Waals surface area contributed by atoms with E-state index in [0.717, 1.165) is 6.07 Å². The summed E-state index contributed by atoms with van der Waals surface area (Å²) < 4.78 is 40.8. The highest BCUT2D eigenvalue weighted by molar-refractivity contribution is 7.92. The second kappa shape index (κ2) is 6.01. The molecule has 0 aromatic heterocycles. The van der Waals surface area contributed by atoms with E-state index in [-0.39, 0.29) is 17.3 Å². The maximum atomic E-state index is 13.9. The molecular weight excluding hydrogens is 315 g/mol. The molecule has 0 amide bonds. The second-order valence-corrected chi connectivity index (χ2v) is 6.56. The first kappa shape index (κ1) is 15.8. The highest BCUT2D eigenvalue weighted by Crippen LogP contribution is 2.28. The lowest BCUT2D eigenvalue weighted by Crippen LogP contribution is -2.16. The lowest BCUT2D eigenvalue weighted by atomic mass is 10.2. The average Bonchev–Trinajstić information content (AvgIpc) is 2.42. The monoisotopic (exact) mass is 328 g/mol. The molecule has 0 radical (unpaired) electrons. The summed E-state index contributed by atoms with van der Waals surface area (Å²) in [5.74, 6) is -0.852. The van der Waals surface area contributed by atoms with Crippen LogP contribution >= 0.6 is 11.6 Å². The predicted molar refractivity (Wildman–Crippen MR) is 81.3 cm³/mol. The van der Waals surface area contributed by atoms with E-state index >= 15 is 0 Å². The Morgan fingerprint density at radius 2 is 2.00 bits per heavy atom. The lowest BCUT2D eigenvalue weighted by Gasteiger charge is -2.13. The van der Waals surface area contributed by atoms with Crippen LogP contribution in [0.5, 0.6) is 0 Å². The topological polar surface area (TPSA) is 72.2 Å². The number of nitrogens with two attached hydrogens (primary N) is 1. The Labute approximate surface area is 127 Å². The van der Waals surface area contributed by atoms with Gasteiger partial charge in [-0.15, -0.1) is 0 Å². The number of hydrogen-bond acceptors (Lipinski definition) is 3. The molecule has 2 aromatic carbocycles. The Hall–Kier alpha value is -1.63. The largest absolute Gasteiger partial charge is 0.326 e. The quantitative estimate of drug-likeness (QED) is 0.906. The van der Waals surface area contributed by atoms with Crippen LogP contribution in [0.15, 0.2) is 41.3 Å². The Morgan fingerprint density at radius 3 is 2.57 bits per heavy atom. The summed E-state index contributed by atoms with van der Waals surface area (Å²) in [6.45, 7) is 1.84. The fourth-order valence-corrected chi connectivity index (χ4v) is 3.38. The lowest BCUT2D eigenvalue weighted by molar-refractivity contribution is 0.569. The number of para-hydroxylation sites is 1. The molecule has 0 spiro atoms. The van der Waals surface area contributed by atoms with Crippen molar-refractivity contribution in [2.45, 2.75) is 18.4 Å². The molecule has 21 heavy (non-hydrogen) atoms. The van der Waals surface area contributed by atoms with Crippen LogP contribution < -0.4 is 10.5 Å². The smallest absolute Gasteiger partial charge is 0.264 e. The predicted octanol–water partition coefficient (Wildman–Crippen LogP) is 3.05. The fourth-order valence-electron chi connectivity index (χ4n) is 1.84. The van der Waals surface area contributed by atoms with Gasteiger partial charge < -0.3 is 5.73 Å². The Bertz CT molecular complexity index is 758. The minimum absolute atomic E-state index is 0.133. The van der Waals surface area contributed by atoms with Gasteiger partial charge in [0.1, 0.15) is 10.7 Å². The molecular formula is C14H14ClFN2O2S. The molecule has 0 aliphatic heterocycles. The molecule has 0 unspecified atom stereocenters. The van der Waals surface area contributed by atoms with Gasteiger partial charge in [0.05, 0.1) is 10.7 Å². The molecule has 0 fully saturated rings. The summed E-state index contributed by atoms with van der Waals surface area (Å²) in [4.78, 5) is -0.445. The Morgan fingerprint density at radius 1 is 1.29 bits per heavy atom. The van der Waals surface area contributed by atoms with Gasteiger partial charge in [-0.25, -0.2) is 12.8 Å². The van der Waals surface area contributed by atoms with Crippen molar-refractivity contribution in [3.8, 4) is 0 Å². The van der Waals surface area contributed by atoms with E-state index in [2.05, 4.69) is 4.72 Å². The number of nitrogens with one attached hydrogen (secondary N) is 1. The van der Waals surface area contributed by atoms with Crippen LogP contribution in [0, 0.1) is 12.7 Å². The number of halogens is 2. The minimum Gasteiger partial charge on any atom is -0.326 e. The zero-order chi connectivity index (χ0) is 15.6. The van der Waals surface area contributed by atoms with Crippen LogP contribution in [0.3, 0.4) is 0 Å². The van der Waals surface area contributed by atoms with E-state index in [1.54, 1.807) is 25.1 Å². The van der Waals surface area contributed by atoms with Crippen molar-refractivity contribution in [2.75, 3.05) is 4.72 Å². The Kier molecular flexibility index (Phi) is 4.51. The van der Waals surface area contributed by atoms with Crippen molar-refractivity contribution in [3.63, 3.8) is 0 Å². The van der Waals surface area contributed by atoms with Crippen molar-refractivity contribution in [1.82, 2.24) is 0 Å². The third kappa shape index (κ3) is 3.34. The molecule has 2 rings (SSSR count). The SMILES string of the molecule is Cc1cccc(Cl)c1NS(=O)(=O)c1ccc(CN)cc1F. The summed E-state index contributed by atoms with van der Waals surface area (Å²) in [7, 11) is -4.06. The van der Waals surface area contributed by atoms with Gasteiger partial charge in [0.25, 0.3) is 10.0 Å². The first-order chi connectivity index (χ1) is 9.85. The molecule has 0 aliphatic rings. The van der Waals surface area contributed by atoms with Gasteiger partial charge in [0.15, 0.2) is 0 Å². The number of aryl methyl sites for hydroxylation is 1. The minimum atomic E-state index is -4.06. The molecule has 0 saturated carbocycles. The van der Waals surface area contributed by atoms with Gasteiger partial charge in [-0.3, -0.25) is 4.72 Å². The fraction of sp³-hybridized carbons (Fsp3) is 0.143. The first-order valence-corrected chi connectivity index (χ1v) is 7.97. The molecule has 0 bridgehead atoms. The van der Waals surface area contributed by atoms with Gasteiger partial charge in [-0.2, -0.15) is 0 Å². The van der Waals surface area contributed by atoms with Crippen molar-refractivity contribution < 1.29 is 12.8 Å². The maximum Gasteiger partial charge on any atom is 0.264 e. The number of benzene rings is 2. The van der Waals surface area contributed by atoms with Gasteiger partial charge >= 0.3 is 0 Å². The molecule has 0 heterocycles. The second-order valence-electron chi connectivity index (χ2n) is 4.51. The molecule has 0 saturated heterocycles. The molecule has 0 aliphatic carbocycles. The summed E-state index contributed by atoms with van der Waals surface area (Å²) in [5.41, 5.74) is 6.79. The maximum absolute atomic E-state index is 13.9. The molecule has 4 nitrogen and oxygen atoms in total. The summed E-state index contributed by atoms with van der Waals surface area (Å²) >= 11 is 5.97.